The second-order valence-corrected chi connectivity index (χ2v) is 3.30. The van der Waals surface area contributed by atoms with Gasteiger partial charge in [-0.2, -0.15) is 0 Å². The van der Waals surface area contributed by atoms with Crippen molar-refractivity contribution in [2.45, 2.75) is 13.3 Å². The summed E-state index contributed by atoms with van der Waals surface area (Å²) in [5, 5.41) is 3.12. The average molecular weight is 191 g/mol. The van der Waals surface area contributed by atoms with Gasteiger partial charge in [0.1, 0.15) is 5.75 Å². The van der Waals surface area contributed by atoms with Gasteiger partial charge in [0, 0.05) is 0 Å². The van der Waals surface area contributed by atoms with Crippen molar-refractivity contribution in [1.82, 2.24) is 5.32 Å². The zero-order valence-corrected chi connectivity index (χ0v) is 8.84. The Morgan fingerprint density at radius 2 is 2.00 bits per heavy atom. The molecule has 76 valence electrons. The lowest BCUT2D eigenvalue weighted by molar-refractivity contribution is 0.430. The van der Waals surface area contributed by atoms with Crippen LogP contribution in [-0.4, -0.2) is 13.6 Å². The summed E-state index contributed by atoms with van der Waals surface area (Å²) in [4.78, 5) is 0. The summed E-state index contributed by atoms with van der Waals surface area (Å²) in [5.74, 6) is 1.57. The van der Waals surface area contributed by atoms with Crippen LogP contribution in [-0.2, 0) is 6.42 Å². The Kier molecular flexibility index (Phi) is 4.20. The molecule has 0 radical (unpaired) electrons. The first-order valence-electron chi connectivity index (χ1n) is 4.79. The van der Waals surface area contributed by atoms with Gasteiger partial charge in [-0.1, -0.05) is 18.7 Å². The van der Waals surface area contributed by atoms with Crippen LogP contribution in [0.3, 0.4) is 0 Å². The van der Waals surface area contributed by atoms with E-state index in [0.717, 1.165) is 18.7 Å². The van der Waals surface area contributed by atoms with Gasteiger partial charge in [-0.15, -0.1) is 0 Å². The summed E-state index contributed by atoms with van der Waals surface area (Å²) >= 11 is 0. The highest BCUT2D eigenvalue weighted by Crippen LogP contribution is 2.14. The van der Waals surface area contributed by atoms with Gasteiger partial charge in [-0.25, -0.2) is 0 Å². The number of rotatable bonds is 5. The summed E-state index contributed by atoms with van der Waals surface area (Å²) in [6.45, 7) is 6.53. The average Bonchev–Trinajstić information content (AvgIpc) is 2.16. The Bertz CT molecular complexity index is 290. The van der Waals surface area contributed by atoms with Crippen LogP contribution in [0, 0.1) is 0 Å². The molecule has 2 nitrogen and oxygen atoms in total. The molecular weight excluding hydrogens is 174 g/mol. The summed E-state index contributed by atoms with van der Waals surface area (Å²) in [6, 6.07) is 8.10. The van der Waals surface area contributed by atoms with Crippen molar-refractivity contribution in [3.8, 4) is 5.75 Å². The monoisotopic (exact) mass is 191 g/mol. The fourth-order valence-corrected chi connectivity index (χ4v) is 1.19. The summed E-state index contributed by atoms with van der Waals surface area (Å²) in [7, 11) is 1.96. The highest BCUT2D eigenvalue weighted by molar-refractivity contribution is 5.28. The number of nitrogens with one attached hydrogen (secondary N) is 1. The number of ether oxygens (including phenoxy) is 1. The highest BCUT2D eigenvalue weighted by Gasteiger charge is 1.95. The maximum Gasteiger partial charge on any atom is 0.126 e. The van der Waals surface area contributed by atoms with Crippen molar-refractivity contribution in [1.29, 1.82) is 0 Å². The normalized spacial score (nSPS) is 9.86. The number of allylic oxidation sites excluding steroid dienone is 1. The van der Waals surface area contributed by atoms with Crippen molar-refractivity contribution in [3.63, 3.8) is 0 Å². The van der Waals surface area contributed by atoms with Crippen LogP contribution in [0.15, 0.2) is 36.6 Å². The molecular formula is C12H17NO. The Hall–Kier alpha value is -1.28. The third kappa shape index (κ3) is 3.62. The van der Waals surface area contributed by atoms with E-state index in [0.29, 0.717) is 5.76 Å². The summed E-state index contributed by atoms with van der Waals surface area (Å²) < 4.78 is 5.36. The first-order chi connectivity index (χ1) is 6.72. The number of benzene rings is 1. The molecule has 0 aliphatic carbocycles. The minimum Gasteiger partial charge on any atom is -0.463 e. The first kappa shape index (κ1) is 10.8. The van der Waals surface area contributed by atoms with Crippen molar-refractivity contribution >= 4 is 0 Å². The molecule has 14 heavy (non-hydrogen) atoms. The smallest absolute Gasteiger partial charge is 0.126 e. The molecule has 0 amide bonds. The summed E-state index contributed by atoms with van der Waals surface area (Å²) in [6.07, 6.45) is 1.05. The van der Waals surface area contributed by atoms with Crippen LogP contribution in [0.2, 0.25) is 0 Å². The standard InChI is InChI=1S/C12H17NO/c1-10(2)14-12-6-4-11(5-7-12)8-9-13-3/h4-7,13H,1,8-9H2,2-3H3. The Balaban J connectivity index is 2.54. The van der Waals surface area contributed by atoms with E-state index < -0.39 is 0 Å². The van der Waals surface area contributed by atoms with Gasteiger partial charge in [0.25, 0.3) is 0 Å². The van der Waals surface area contributed by atoms with E-state index in [1.165, 1.54) is 5.56 Å². The maximum absolute atomic E-state index is 5.36. The molecule has 0 saturated carbocycles. The fraction of sp³-hybridized carbons (Fsp3) is 0.333. The van der Waals surface area contributed by atoms with Crippen LogP contribution in [0.1, 0.15) is 12.5 Å². The van der Waals surface area contributed by atoms with E-state index in [1.54, 1.807) is 0 Å². The first-order valence-corrected chi connectivity index (χ1v) is 4.79. The molecule has 1 aromatic rings. The van der Waals surface area contributed by atoms with Crippen molar-refractivity contribution in [3.05, 3.63) is 42.2 Å². The van der Waals surface area contributed by atoms with Gasteiger partial charge in [0.2, 0.25) is 0 Å². The summed E-state index contributed by atoms with van der Waals surface area (Å²) in [5.41, 5.74) is 1.31. The molecule has 1 rings (SSSR count). The van der Waals surface area contributed by atoms with Crippen molar-refractivity contribution in [2.24, 2.45) is 0 Å². The largest absolute Gasteiger partial charge is 0.463 e. The minimum absolute atomic E-state index is 0.716. The molecule has 0 heterocycles. The SMILES string of the molecule is C=C(C)Oc1ccc(CCNC)cc1. The van der Waals surface area contributed by atoms with E-state index in [-0.39, 0.29) is 0 Å². The Morgan fingerprint density at radius 3 is 2.50 bits per heavy atom. The molecule has 1 N–H and O–H groups in total. The molecule has 0 bridgehead atoms. The van der Waals surface area contributed by atoms with Crippen LogP contribution in [0.5, 0.6) is 5.75 Å². The molecule has 0 atom stereocenters. The third-order valence-corrected chi connectivity index (χ3v) is 1.88. The van der Waals surface area contributed by atoms with Gasteiger partial charge in [-0.05, 0) is 44.6 Å². The third-order valence-electron chi connectivity index (χ3n) is 1.88. The molecule has 0 spiro atoms. The van der Waals surface area contributed by atoms with Gasteiger partial charge in [0.05, 0.1) is 5.76 Å². The lowest BCUT2D eigenvalue weighted by Crippen LogP contribution is -2.10. The predicted molar refractivity (Wildman–Crippen MR) is 59.5 cm³/mol. The van der Waals surface area contributed by atoms with Crippen LogP contribution in [0.25, 0.3) is 0 Å². The predicted octanol–water partition coefficient (Wildman–Crippen LogP) is 2.36. The van der Waals surface area contributed by atoms with Gasteiger partial charge in [-0.3, -0.25) is 0 Å². The molecule has 0 fully saturated rings. The number of likely N-dealkylation sites (N-methyl/N-ethyl adjacent to an activating group) is 1. The van der Waals surface area contributed by atoms with E-state index in [1.807, 2.05) is 26.1 Å². The number of hydrogen-bond acceptors (Lipinski definition) is 2. The van der Waals surface area contributed by atoms with Gasteiger partial charge in [0.15, 0.2) is 0 Å². The number of hydrogen-bond donors (Lipinski definition) is 1. The molecule has 0 saturated heterocycles. The van der Waals surface area contributed by atoms with Crippen LogP contribution < -0.4 is 10.1 Å². The van der Waals surface area contributed by atoms with Crippen molar-refractivity contribution in [2.75, 3.05) is 13.6 Å². The quantitative estimate of drug-likeness (QED) is 0.721. The van der Waals surface area contributed by atoms with Crippen LogP contribution in [0.4, 0.5) is 0 Å². The molecule has 0 unspecified atom stereocenters. The zero-order chi connectivity index (χ0) is 10.4. The molecule has 0 aliphatic rings. The van der Waals surface area contributed by atoms with E-state index in [2.05, 4.69) is 24.0 Å². The van der Waals surface area contributed by atoms with Crippen molar-refractivity contribution < 1.29 is 4.74 Å². The molecule has 0 aliphatic heterocycles. The van der Waals surface area contributed by atoms with E-state index in [9.17, 15) is 0 Å². The topological polar surface area (TPSA) is 21.3 Å². The van der Waals surface area contributed by atoms with Crippen LogP contribution >= 0.6 is 0 Å². The maximum atomic E-state index is 5.36. The highest BCUT2D eigenvalue weighted by atomic mass is 16.5. The van der Waals surface area contributed by atoms with E-state index in [4.69, 9.17) is 4.74 Å². The second kappa shape index (κ2) is 5.45. The van der Waals surface area contributed by atoms with Gasteiger partial charge < -0.3 is 10.1 Å². The second-order valence-electron chi connectivity index (χ2n) is 3.30. The molecule has 1 aromatic carbocycles. The zero-order valence-electron chi connectivity index (χ0n) is 8.84. The lowest BCUT2D eigenvalue weighted by Gasteiger charge is -2.05. The Labute approximate surface area is 85.6 Å². The lowest BCUT2D eigenvalue weighted by atomic mass is 10.1. The van der Waals surface area contributed by atoms with Gasteiger partial charge >= 0.3 is 0 Å². The fourth-order valence-electron chi connectivity index (χ4n) is 1.19. The Morgan fingerprint density at radius 1 is 1.36 bits per heavy atom. The molecule has 0 aromatic heterocycles. The van der Waals surface area contributed by atoms with E-state index >= 15 is 0 Å². The minimum atomic E-state index is 0.716. The molecule has 2 heteroatoms.